The van der Waals surface area contributed by atoms with Crippen molar-refractivity contribution < 1.29 is 42.1 Å². The zero-order valence-corrected chi connectivity index (χ0v) is 22.0. The fourth-order valence-corrected chi connectivity index (χ4v) is 7.61. The molecular formula is C21H22ClFN5O8PS. The van der Waals surface area contributed by atoms with Crippen LogP contribution in [0.2, 0.25) is 5.15 Å². The van der Waals surface area contributed by atoms with Crippen LogP contribution in [0.15, 0.2) is 30.5 Å². The maximum atomic E-state index is 13.3. The lowest BCUT2D eigenvalue weighted by Gasteiger charge is -2.19. The molecule has 0 saturated carbocycles. The van der Waals surface area contributed by atoms with Gasteiger partial charge in [-0.3, -0.25) is 4.57 Å². The Labute approximate surface area is 220 Å². The van der Waals surface area contributed by atoms with Crippen molar-refractivity contribution >= 4 is 45.8 Å². The van der Waals surface area contributed by atoms with E-state index in [1.54, 1.807) is 19.1 Å². The summed E-state index contributed by atoms with van der Waals surface area (Å²) in [6.45, 7) is 1.77. The van der Waals surface area contributed by atoms with Crippen molar-refractivity contribution in [2.75, 3.05) is 16.6 Å². The van der Waals surface area contributed by atoms with Crippen LogP contribution < -0.4 is 5.32 Å². The monoisotopic (exact) mass is 589 g/mol. The number of aliphatic hydroxyl groups is 2. The topological polar surface area (TPSA) is 208 Å². The number of sulfone groups is 1. The molecule has 0 aliphatic carbocycles. The van der Waals surface area contributed by atoms with Crippen molar-refractivity contribution in [2.45, 2.75) is 37.5 Å². The molecule has 1 aromatic carbocycles. The lowest BCUT2D eigenvalue weighted by atomic mass is 10.1. The van der Waals surface area contributed by atoms with E-state index in [1.807, 2.05) is 6.07 Å². The van der Waals surface area contributed by atoms with Gasteiger partial charge in [0, 0.05) is 6.04 Å². The van der Waals surface area contributed by atoms with E-state index in [0.29, 0.717) is 5.56 Å². The van der Waals surface area contributed by atoms with Crippen LogP contribution >= 0.6 is 19.2 Å². The van der Waals surface area contributed by atoms with Gasteiger partial charge in [-0.05, 0) is 24.6 Å². The number of aliphatic hydroxyl groups excluding tert-OH is 2. The third-order valence-electron chi connectivity index (χ3n) is 5.90. The Morgan fingerprint density at radius 1 is 1.29 bits per heavy atom. The van der Waals surface area contributed by atoms with Gasteiger partial charge in [-0.2, -0.15) is 10.4 Å². The highest BCUT2D eigenvalue weighted by molar-refractivity contribution is 7.97. The summed E-state index contributed by atoms with van der Waals surface area (Å²) in [5, 5.41) is 38.1. The van der Waals surface area contributed by atoms with Crippen molar-refractivity contribution in [3.05, 3.63) is 52.6 Å². The molecule has 17 heteroatoms. The van der Waals surface area contributed by atoms with Crippen LogP contribution in [0.5, 0.6) is 0 Å². The van der Waals surface area contributed by atoms with Gasteiger partial charge < -0.3 is 30.1 Å². The maximum absolute atomic E-state index is 13.3. The van der Waals surface area contributed by atoms with E-state index >= 15 is 0 Å². The molecular weight excluding hydrogens is 568 g/mol. The minimum absolute atomic E-state index is 0.0120. The van der Waals surface area contributed by atoms with Gasteiger partial charge in [0.2, 0.25) is 0 Å². The lowest BCUT2D eigenvalue weighted by Crippen LogP contribution is -2.36. The molecule has 5 atom stereocenters. The molecule has 1 aliphatic rings. The van der Waals surface area contributed by atoms with Crippen LogP contribution in [0.1, 0.15) is 30.3 Å². The molecule has 13 nitrogen and oxygen atoms in total. The molecule has 0 radical (unpaired) electrons. The van der Waals surface area contributed by atoms with Crippen molar-refractivity contribution in [1.82, 2.24) is 14.8 Å². The minimum atomic E-state index is -4.91. The first kappa shape index (κ1) is 28.3. The Morgan fingerprint density at radius 3 is 2.55 bits per heavy atom. The van der Waals surface area contributed by atoms with Crippen LogP contribution in [0.25, 0.3) is 11.0 Å². The zero-order chi connectivity index (χ0) is 28.0. The average Bonchev–Trinajstić information content (AvgIpc) is 3.33. The second-order valence-corrected chi connectivity index (χ2v) is 13.3. The van der Waals surface area contributed by atoms with Crippen LogP contribution in [0, 0.1) is 17.1 Å². The predicted octanol–water partition coefficient (Wildman–Crippen LogP) is 1.44. The minimum Gasteiger partial charge on any atom is -0.387 e. The van der Waals surface area contributed by atoms with Gasteiger partial charge in [-0.1, -0.05) is 23.7 Å². The SMILES string of the molecule is CC(Nc1c(C#N)c(Cl)nc2c1cnn2[C@@H]1O[C@H](CS(=O)(=O)CP(=O)(O)O)[C@@H](O)[C@H]1O)c1ccc(F)cc1. The Morgan fingerprint density at radius 2 is 1.95 bits per heavy atom. The number of nitrogens with zero attached hydrogens (tertiary/aromatic N) is 4. The summed E-state index contributed by atoms with van der Waals surface area (Å²) in [7, 11) is -9.29. The number of hydrogen-bond donors (Lipinski definition) is 5. The summed E-state index contributed by atoms with van der Waals surface area (Å²) in [4.78, 5) is 22.2. The molecule has 204 valence electrons. The van der Waals surface area contributed by atoms with E-state index in [0.717, 1.165) is 4.68 Å². The maximum Gasteiger partial charge on any atom is 0.340 e. The van der Waals surface area contributed by atoms with Crippen LogP contribution in [-0.4, -0.2) is 72.7 Å². The molecule has 0 spiro atoms. The number of fused-ring (bicyclic) bond motifs is 1. The zero-order valence-electron chi connectivity index (χ0n) is 19.5. The number of nitrogens with one attached hydrogen (secondary N) is 1. The van der Waals surface area contributed by atoms with Crippen molar-refractivity contribution in [3.63, 3.8) is 0 Å². The number of halogens is 2. The smallest absolute Gasteiger partial charge is 0.340 e. The second-order valence-electron chi connectivity index (χ2n) is 8.76. The van der Waals surface area contributed by atoms with E-state index in [4.69, 9.17) is 26.1 Å². The molecule has 1 fully saturated rings. The number of benzene rings is 1. The number of anilines is 1. The van der Waals surface area contributed by atoms with Crippen molar-refractivity contribution in [3.8, 4) is 6.07 Å². The third kappa shape index (κ3) is 5.83. The number of aromatic nitrogens is 3. The Kier molecular flexibility index (Phi) is 7.81. The molecule has 5 N–H and O–H groups in total. The summed E-state index contributed by atoms with van der Waals surface area (Å²) in [5.74, 6) is -1.39. The number of ether oxygens (including phenoxy) is 1. The fourth-order valence-electron chi connectivity index (χ4n) is 4.15. The average molecular weight is 590 g/mol. The summed E-state index contributed by atoms with van der Waals surface area (Å²) in [5.41, 5.74) is -0.507. The fraction of sp³-hybridized carbons (Fsp3) is 0.381. The lowest BCUT2D eigenvalue weighted by molar-refractivity contribution is -0.0364. The molecule has 38 heavy (non-hydrogen) atoms. The summed E-state index contributed by atoms with van der Waals surface area (Å²) in [6, 6.07) is 7.23. The predicted molar refractivity (Wildman–Crippen MR) is 132 cm³/mol. The highest BCUT2D eigenvalue weighted by atomic mass is 35.5. The summed E-state index contributed by atoms with van der Waals surface area (Å²) in [6.07, 6.45) is -5.11. The van der Waals surface area contributed by atoms with Gasteiger partial charge in [0.1, 0.15) is 35.8 Å². The second kappa shape index (κ2) is 10.5. The molecule has 3 aromatic rings. The van der Waals surface area contributed by atoms with Gasteiger partial charge in [0.25, 0.3) is 0 Å². The van der Waals surface area contributed by atoms with E-state index in [9.17, 15) is 32.8 Å². The first-order valence-electron chi connectivity index (χ1n) is 11.0. The number of rotatable bonds is 8. The van der Waals surface area contributed by atoms with E-state index in [2.05, 4.69) is 15.4 Å². The molecule has 1 aliphatic heterocycles. The largest absolute Gasteiger partial charge is 0.387 e. The molecule has 4 rings (SSSR count). The van der Waals surface area contributed by atoms with Gasteiger partial charge in [0.15, 0.2) is 32.4 Å². The Bertz CT molecular complexity index is 1560. The van der Waals surface area contributed by atoms with E-state index < -0.39 is 65.1 Å². The Hall–Kier alpha value is -2.67. The van der Waals surface area contributed by atoms with Crippen molar-refractivity contribution in [2.24, 2.45) is 0 Å². The highest BCUT2D eigenvalue weighted by Gasteiger charge is 2.47. The number of nitriles is 1. The summed E-state index contributed by atoms with van der Waals surface area (Å²) < 4.78 is 55.5. The Balaban J connectivity index is 1.68. The molecule has 1 unspecified atom stereocenters. The van der Waals surface area contributed by atoms with Gasteiger partial charge >= 0.3 is 7.60 Å². The number of pyridine rings is 1. The number of hydrogen-bond acceptors (Lipinski definition) is 10. The third-order valence-corrected chi connectivity index (χ3v) is 9.93. The van der Waals surface area contributed by atoms with Gasteiger partial charge in [-0.15, -0.1) is 0 Å². The summed E-state index contributed by atoms with van der Waals surface area (Å²) >= 11 is 6.27. The molecule has 0 amide bonds. The molecule has 0 bridgehead atoms. The van der Waals surface area contributed by atoms with Gasteiger partial charge in [0.05, 0.1) is 23.0 Å². The first-order chi connectivity index (χ1) is 17.7. The molecule has 2 aromatic heterocycles. The first-order valence-corrected chi connectivity index (χ1v) is 15.0. The van der Waals surface area contributed by atoms with Crippen LogP contribution in [0.3, 0.4) is 0 Å². The highest BCUT2D eigenvalue weighted by Crippen LogP contribution is 2.39. The van der Waals surface area contributed by atoms with Crippen LogP contribution in [-0.2, 0) is 19.1 Å². The normalized spacial score (nSPS) is 22.9. The van der Waals surface area contributed by atoms with Gasteiger partial charge in [-0.25, -0.2) is 22.5 Å². The quantitative estimate of drug-likeness (QED) is 0.187. The standard InChI is InChI=1S/C21H22ClFN5O8PS/c1-10(11-2-4-12(23)5-3-11)26-16-13(6-24)19(22)27-20-14(16)7-25-28(20)21-18(30)17(29)15(36-21)8-38(34,35)9-37(31,32)33/h2-5,7,10,15,17-18,21,29-30H,8-9H2,1H3,(H,26,27)(H2,31,32,33)/t10?,15-,17-,18-,21-/m1/s1. The molecule has 3 heterocycles. The van der Waals surface area contributed by atoms with Crippen molar-refractivity contribution in [1.29, 1.82) is 5.26 Å². The molecule has 1 saturated heterocycles. The van der Waals surface area contributed by atoms with E-state index in [1.165, 1.54) is 18.3 Å². The van der Waals surface area contributed by atoms with Crippen LogP contribution in [0.4, 0.5) is 10.1 Å². The van der Waals surface area contributed by atoms with E-state index in [-0.39, 0.29) is 27.4 Å².